The van der Waals surface area contributed by atoms with Gasteiger partial charge in [0, 0.05) is 31.8 Å². The number of amides is 1. The standard InChI is InChI=1S/C23H28BrF3N2O3Si/c1-5-10-28-19-8-6-16(24)13-18(19)22(30)29(15-31-11-12-33(2,3)4)21-14-17(7-9-20(21)28)32-23(25,26)27/h6-9,13-14H,5,10-12,15H2,1-4H3. The second-order valence-electron chi connectivity index (χ2n) is 9.09. The predicted octanol–water partition coefficient (Wildman–Crippen LogP) is 7.17. The van der Waals surface area contributed by atoms with Gasteiger partial charge in [0.15, 0.2) is 0 Å². The molecular formula is C23H28BrF3N2O3Si. The van der Waals surface area contributed by atoms with Crippen molar-refractivity contribution in [2.24, 2.45) is 0 Å². The van der Waals surface area contributed by atoms with Gasteiger partial charge in [-0.2, -0.15) is 0 Å². The zero-order valence-corrected chi connectivity index (χ0v) is 21.7. The van der Waals surface area contributed by atoms with E-state index in [4.69, 9.17) is 4.74 Å². The average molecular weight is 545 g/mol. The fourth-order valence-corrected chi connectivity index (χ4v) is 4.69. The summed E-state index contributed by atoms with van der Waals surface area (Å²) in [5.74, 6) is -0.729. The molecule has 0 N–H and O–H groups in total. The molecule has 1 aliphatic rings. The first-order valence-corrected chi connectivity index (χ1v) is 15.3. The molecule has 0 radical (unpaired) electrons. The molecular weight excluding hydrogens is 517 g/mol. The summed E-state index contributed by atoms with van der Waals surface area (Å²) in [6.07, 6.45) is -4.06. The van der Waals surface area contributed by atoms with Gasteiger partial charge in [-0.15, -0.1) is 13.2 Å². The fraction of sp³-hybridized carbons (Fsp3) is 0.435. The molecule has 180 valence electrons. The van der Waals surface area contributed by atoms with Gasteiger partial charge in [0.1, 0.15) is 12.5 Å². The van der Waals surface area contributed by atoms with Crippen LogP contribution in [0, 0.1) is 0 Å². The van der Waals surface area contributed by atoms with Gasteiger partial charge in [-0.1, -0.05) is 42.5 Å². The van der Waals surface area contributed by atoms with Gasteiger partial charge in [-0.25, -0.2) is 0 Å². The Balaban J connectivity index is 2.08. The molecule has 2 aromatic rings. The first kappa shape index (κ1) is 25.6. The normalized spacial score (nSPS) is 14.1. The highest BCUT2D eigenvalue weighted by Gasteiger charge is 2.34. The van der Waals surface area contributed by atoms with Gasteiger partial charge in [-0.05, 0) is 42.8 Å². The minimum absolute atomic E-state index is 0.0717. The summed E-state index contributed by atoms with van der Waals surface area (Å²) < 4.78 is 49.5. The van der Waals surface area contributed by atoms with Crippen LogP contribution < -0.4 is 14.5 Å². The van der Waals surface area contributed by atoms with E-state index in [1.165, 1.54) is 17.0 Å². The van der Waals surface area contributed by atoms with Gasteiger partial charge in [0.2, 0.25) is 0 Å². The van der Waals surface area contributed by atoms with E-state index < -0.39 is 14.4 Å². The molecule has 33 heavy (non-hydrogen) atoms. The summed E-state index contributed by atoms with van der Waals surface area (Å²) in [5, 5.41) is 0. The predicted molar refractivity (Wildman–Crippen MR) is 130 cm³/mol. The van der Waals surface area contributed by atoms with E-state index in [-0.39, 0.29) is 18.4 Å². The molecule has 5 nitrogen and oxygen atoms in total. The van der Waals surface area contributed by atoms with Crippen LogP contribution in [0.4, 0.5) is 30.2 Å². The van der Waals surface area contributed by atoms with Crippen LogP contribution in [-0.4, -0.2) is 40.2 Å². The lowest BCUT2D eigenvalue weighted by atomic mass is 10.1. The molecule has 0 aromatic heterocycles. The van der Waals surface area contributed by atoms with E-state index in [0.717, 1.165) is 16.9 Å². The molecule has 3 rings (SSSR count). The van der Waals surface area contributed by atoms with Gasteiger partial charge in [0.25, 0.3) is 5.91 Å². The number of ether oxygens (including phenoxy) is 2. The van der Waals surface area contributed by atoms with Crippen LogP contribution in [0.25, 0.3) is 0 Å². The molecule has 0 bridgehead atoms. The van der Waals surface area contributed by atoms with Crippen LogP contribution in [0.2, 0.25) is 25.7 Å². The highest BCUT2D eigenvalue weighted by Crippen LogP contribution is 2.43. The Morgan fingerprint density at radius 1 is 1.00 bits per heavy atom. The monoisotopic (exact) mass is 544 g/mol. The summed E-state index contributed by atoms with van der Waals surface area (Å²) >= 11 is 3.43. The van der Waals surface area contributed by atoms with Crippen molar-refractivity contribution in [3.8, 4) is 5.75 Å². The number of anilines is 3. The van der Waals surface area contributed by atoms with E-state index in [9.17, 15) is 18.0 Å². The van der Waals surface area contributed by atoms with Crippen molar-refractivity contribution in [1.82, 2.24) is 0 Å². The van der Waals surface area contributed by atoms with Crippen LogP contribution in [0.1, 0.15) is 23.7 Å². The largest absolute Gasteiger partial charge is 0.573 e. The minimum atomic E-state index is -4.83. The number of halogens is 4. The number of carbonyl (C=O) groups is 1. The third-order valence-corrected chi connectivity index (χ3v) is 7.35. The maximum absolute atomic E-state index is 13.6. The van der Waals surface area contributed by atoms with Gasteiger partial charge < -0.3 is 14.4 Å². The third-order valence-electron chi connectivity index (χ3n) is 5.15. The van der Waals surface area contributed by atoms with Crippen molar-refractivity contribution in [2.45, 2.75) is 45.4 Å². The Bertz CT molecular complexity index is 1010. The molecule has 1 aliphatic heterocycles. The van der Waals surface area contributed by atoms with Gasteiger partial charge >= 0.3 is 6.36 Å². The number of carbonyl (C=O) groups excluding carboxylic acids is 1. The molecule has 2 aromatic carbocycles. The molecule has 0 fully saturated rings. The summed E-state index contributed by atoms with van der Waals surface area (Å²) in [5.41, 5.74) is 2.08. The lowest BCUT2D eigenvalue weighted by Gasteiger charge is -2.28. The Hall–Kier alpha value is -2.04. The van der Waals surface area contributed by atoms with Crippen LogP contribution in [-0.2, 0) is 4.74 Å². The van der Waals surface area contributed by atoms with E-state index in [0.29, 0.717) is 35.8 Å². The topological polar surface area (TPSA) is 42.0 Å². The molecule has 1 amide bonds. The molecule has 0 spiro atoms. The number of rotatable bonds is 8. The van der Waals surface area contributed by atoms with E-state index in [1.54, 1.807) is 12.1 Å². The zero-order valence-electron chi connectivity index (χ0n) is 19.1. The van der Waals surface area contributed by atoms with E-state index >= 15 is 0 Å². The first-order valence-electron chi connectivity index (χ1n) is 10.8. The SMILES string of the molecule is CCCN1c2ccc(Br)cc2C(=O)N(COCC[Si](C)(C)C)c2cc(OC(F)(F)F)ccc21. The fourth-order valence-electron chi connectivity index (χ4n) is 3.57. The molecule has 0 aliphatic carbocycles. The minimum Gasteiger partial charge on any atom is -0.406 e. The smallest absolute Gasteiger partial charge is 0.406 e. The second-order valence-corrected chi connectivity index (χ2v) is 15.6. The molecule has 0 saturated carbocycles. The van der Waals surface area contributed by atoms with E-state index in [1.807, 2.05) is 24.0 Å². The van der Waals surface area contributed by atoms with Crippen LogP contribution in [0.5, 0.6) is 5.75 Å². The van der Waals surface area contributed by atoms with Gasteiger partial charge in [0.05, 0.1) is 22.6 Å². The summed E-state index contributed by atoms with van der Waals surface area (Å²) in [6.45, 7) is 9.65. The highest BCUT2D eigenvalue weighted by molar-refractivity contribution is 9.10. The van der Waals surface area contributed by atoms with Gasteiger partial charge in [-0.3, -0.25) is 9.69 Å². The lowest BCUT2D eigenvalue weighted by molar-refractivity contribution is -0.274. The summed E-state index contributed by atoms with van der Waals surface area (Å²) in [4.78, 5) is 17.0. The molecule has 1 heterocycles. The van der Waals surface area contributed by atoms with Crippen molar-refractivity contribution < 1.29 is 27.4 Å². The van der Waals surface area contributed by atoms with Crippen molar-refractivity contribution in [3.63, 3.8) is 0 Å². The molecule has 0 unspecified atom stereocenters. The highest BCUT2D eigenvalue weighted by atomic mass is 79.9. The maximum atomic E-state index is 13.6. The van der Waals surface area contributed by atoms with Crippen molar-refractivity contribution >= 4 is 47.0 Å². The van der Waals surface area contributed by atoms with Crippen LogP contribution in [0.3, 0.4) is 0 Å². The zero-order chi connectivity index (χ0) is 24.4. The average Bonchev–Trinajstić information content (AvgIpc) is 2.78. The molecule has 0 saturated heterocycles. The molecule has 10 heteroatoms. The second kappa shape index (κ2) is 10.1. The van der Waals surface area contributed by atoms with Crippen LogP contribution in [0.15, 0.2) is 40.9 Å². The lowest BCUT2D eigenvalue weighted by Crippen LogP contribution is -2.33. The summed E-state index contributed by atoms with van der Waals surface area (Å²) in [6, 6.07) is 10.4. The summed E-state index contributed by atoms with van der Waals surface area (Å²) in [7, 11) is -1.35. The first-order chi connectivity index (χ1) is 15.4. The van der Waals surface area contributed by atoms with Crippen LogP contribution >= 0.6 is 15.9 Å². The number of nitrogens with zero attached hydrogens (tertiary/aromatic N) is 2. The van der Waals surface area contributed by atoms with Crippen molar-refractivity contribution in [2.75, 3.05) is 29.7 Å². The van der Waals surface area contributed by atoms with Crippen molar-refractivity contribution in [3.05, 3.63) is 46.4 Å². The van der Waals surface area contributed by atoms with E-state index in [2.05, 4.69) is 40.3 Å². The quantitative estimate of drug-likeness (QED) is 0.261. The molecule has 0 atom stereocenters. The third kappa shape index (κ3) is 6.51. The number of benzene rings is 2. The Morgan fingerprint density at radius 3 is 2.33 bits per heavy atom. The number of alkyl halides is 3. The maximum Gasteiger partial charge on any atom is 0.573 e. The Labute approximate surface area is 201 Å². The van der Waals surface area contributed by atoms with Crippen molar-refractivity contribution in [1.29, 1.82) is 0 Å². The number of hydrogen-bond donors (Lipinski definition) is 0. The Morgan fingerprint density at radius 2 is 1.70 bits per heavy atom. The number of hydrogen-bond acceptors (Lipinski definition) is 4. The number of fused-ring (bicyclic) bond motifs is 2. The Kier molecular flexibility index (Phi) is 7.80.